The molecule has 1 aromatic carbocycles. The number of aromatic nitrogens is 9. The molecular formula is C18H18N10O. The summed E-state index contributed by atoms with van der Waals surface area (Å²) in [5.74, 6) is 2.00. The van der Waals surface area contributed by atoms with Crippen LogP contribution in [0.3, 0.4) is 0 Å². The number of carbonyl (C=O) groups is 1. The van der Waals surface area contributed by atoms with E-state index in [2.05, 4.69) is 59.5 Å². The van der Waals surface area contributed by atoms with Crippen molar-refractivity contribution in [1.29, 1.82) is 0 Å². The van der Waals surface area contributed by atoms with Gasteiger partial charge in [0, 0.05) is 19.0 Å². The molecule has 11 nitrogen and oxygen atoms in total. The molecule has 4 heterocycles. The maximum Gasteiger partial charge on any atom is 0.272 e. The van der Waals surface area contributed by atoms with Crippen molar-refractivity contribution in [3.05, 3.63) is 65.6 Å². The van der Waals surface area contributed by atoms with Gasteiger partial charge >= 0.3 is 0 Å². The monoisotopic (exact) mass is 390 g/mol. The van der Waals surface area contributed by atoms with Gasteiger partial charge in [0.1, 0.15) is 17.8 Å². The predicted molar refractivity (Wildman–Crippen MR) is 100 cm³/mol. The Morgan fingerprint density at radius 3 is 2.90 bits per heavy atom. The maximum absolute atomic E-state index is 13.0. The number of fused-ring (bicyclic) bond motifs is 1. The SMILES string of the molecule is C[C@H]1CN(C(=O)c2cc(-n3cnnn3)n[nH]2)Cc2nnc(Cc3ccccc3)n21. The van der Waals surface area contributed by atoms with Gasteiger partial charge in [-0.25, -0.2) is 0 Å². The summed E-state index contributed by atoms with van der Waals surface area (Å²) in [6.07, 6.45) is 2.13. The fourth-order valence-corrected chi connectivity index (χ4v) is 3.64. The normalized spacial score (nSPS) is 16.0. The van der Waals surface area contributed by atoms with Crippen LogP contribution in [0.15, 0.2) is 42.7 Å². The van der Waals surface area contributed by atoms with Gasteiger partial charge in [-0.3, -0.25) is 9.89 Å². The number of nitrogens with zero attached hydrogens (tertiary/aromatic N) is 9. The number of aromatic amines is 1. The lowest BCUT2D eigenvalue weighted by molar-refractivity contribution is 0.0673. The molecule has 29 heavy (non-hydrogen) atoms. The summed E-state index contributed by atoms with van der Waals surface area (Å²) in [4.78, 5) is 14.7. The van der Waals surface area contributed by atoms with E-state index in [-0.39, 0.29) is 11.9 Å². The van der Waals surface area contributed by atoms with Crippen LogP contribution in [-0.4, -0.2) is 62.5 Å². The molecule has 0 saturated carbocycles. The second-order valence-electron chi connectivity index (χ2n) is 6.99. The molecule has 3 aromatic heterocycles. The standard InChI is InChI=1S/C18H18N10O/c1-12-9-26(18(29)14-8-15(21-20-14)27-11-19-24-25-27)10-17-23-22-16(28(12)17)7-13-5-3-2-4-6-13/h2-6,8,11-12H,7,9-10H2,1H3,(H,20,21)/t12-/m0/s1. The summed E-state index contributed by atoms with van der Waals surface area (Å²) in [6, 6.07) is 11.9. The Morgan fingerprint density at radius 1 is 1.24 bits per heavy atom. The Balaban J connectivity index is 1.36. The number of hydrogen-bond donors (Lipinski definition) is 1. The van der Waals surface area contributed by atoms with Crippen LogP contribution in [0, 0.1) is 0 Å². The molecule has 1 N–H and O–H groups in total. The van der Waals surface area contributed by atoms with E-state index in [1.165, 1.54) is 16.6 Å². The van der Waals surface area contributed by atoms with Crippen LogP contribution in [0.5, 0.6) is 0 Å². The highest BCUT2D eigenvalue weighted by atomic mass is 16.2. The van der Waals surface area contributed by atoms with Crippen LogP contribution in [0.25, 0.3) is 5.82 Å². The van der Waals surface area contributed by atoms with E-state index < -0.39 is 0 Å². The third-order valence-electron chi connectivity index (χ3n) is 4.97. The molecule has 1 atom stereocenters. The zero-order valence-corrected chi connectivity index (χ0v) is 15.7. The van der Waals surface area contributed by atoms with Crippen molar-refractivity contribution in [3.63, 3.8) is 0 Å². The first kappa shape index (κ1) is 17.2. The van der Waals surface area contributed by atoms with Gasteiger partial charge in [-0.15, -0.1) is 15.3 Å². The van der Waals surface area contributed by atoms with Gasteiger partial charge < -0.3 is 9.47 Å². The summed E-state index contributed by atoms with van der Waals surface area (Å²) in [6.45, 7) is 3.02. The minimum atomic E-state index is -0.150. The summed E-state index contributed by atoms with van der Waals surface area (Å²) < 4.78 is 3.52. The zero-order chi connectivity index (χ0) is 19.8. The zero-order valence-electron chi connectivity index (χ0n) is 15.7. The average molecular weight is 390 g/mol. The van der Waals surface area contributed by atoms with E-state index >= 15 is 0 Å². The molecule has 0 bridgehead atoms. The molecule has 0 radical (unpaired) electrons. The molecule has 0 aliphatic carbocycles. The van der Waals surface area contributed by atoms with Gasteiger partial charge in [0.15, 0.2) is 11.6 Å². The third-order valence-corrected chi connectivity index (χ3v) is 4.97. The van der Waals surface area contributed by atoms with Gasteiger partial charge in [-0.05, 0) is 22.9 Å². The number of rotatable bonds is 4. The topological polar surface area (TPSA) is 123 Å². The van der Waals surface area contributed by atoms with Gasteiger partial charge in [-0.1, -0.05) is 30.3 Å². The van der Waals surface area contributed by atoms with E-state index in [9.17, 15) is 4.79 Å². The molecule has 11 heteroatoms. The smallest absolute Gasteiger partial charge is 0.272 e. The Hall–Kier alpha value is -3.89. The Labute approximate surface area is 165 Å². The molecule has 0 saturated heterocycles. The quantitative estimate of drug-likeness (QED) is 0.546. The fourth-order valence-electron chi connectivity index (χ4n) is 3.64. The molecule has 1 amide bonds. The summed E-state index contributed by atoms with van der Waals surface area (Å²) in [5.41, 5.74) is 1.56. The molecular weight excluding hydrogens is 372 g/mol. The minimum absolute atomic E-state index is 0.0679. The van der Waals surface area contributed by atoms with Crippen LogP contribution >= 0.6 is 0 Å². The average Bonchev–Trinajstić information content (AvgIpc) is 3.49. The molecule has 0 spiro atoms. The molecule has 1 aliphatic rings. The minimum Gasteiger partial charge on any atom is -0.328 e. The Kier molecular flexibility index (Phi) is 4.12. The summed E-state index contributed by atoms with van der Waals surface area (Å²) >= 11 is 0. The molecule has 146 valence electrons. The Bertz CT molecular complexity index is 1130. The number of nitrogens with one attached hydrogen (secondary N) is 1. The van der Waals surface area contributed by atoms with Crippen LogP contribution in [-0.2, 0) is 13.0 Å². The van der Waals surface area contributed by atoms with E-state index in [0.717, 1.165) is 11.6 Å². The highest BCUT2D eigenvalue weighted by molar-refractivity contribution is 5.92. The maximum atomic E-state index is 13.0. The number of hydrogen-bond acceptors (Lipinski definition) is 7. The largest absolute Gasteiger partial charge is 0.328 e. The highest BCUT2D eigenvalue weighted by Crippen LogP contribution is 2.24. The van der Waals surface area contributed by atoms with Crippen molar-refractivity contribution in [1.82, 2.24) is 50.1 Å². The lowest BCUT2D eigenvalue weighted by Crippen LogP contribution is -2.41. The van der Waals surface area contributed by atoms with Crippen molar-refractivity contribution in [2.24, 2.45) is 0 Å². The lowest BCUT2D eigenvalue weighted by atomic mass is 10.1. The molecule has 0 fully saturated rings. The number of tetrazole rings is 1. The van der Waals surface area contributed by atoms with Gasteiger partial charge in [0.05, 0.1) is 12.6 Å². The summed E-state index contributed by atoms with van der Waals surface area (Å²) in [7, 11) is 0. The van der Waals surface area contributed by atoms with E-state index in [4.69, 9.17) is 0 Å². The van der Waals surface area contributed by atoms with E-state index in [0.29, 0.717) is 31.0 Å². The summed E-state index contributed by atoms with van der Waals surface area (Å²) in [5, 5.41) is 26.5. The number of amides is 1. The van der Waals surface area contributed by atoms with Gasteiger partial charge in [-0.2, -0.15) is 9.78 Å². The number of benzene rings is 1. The van der Waals surface area contributed by atoms with E-state index in [1.54, 1.807) is 11.0 Å². The first-order valence-corrected chi connectivity index (χ1v) is 9.23. The number of H-pyrrole nitrogens is 1. The molecule has 0 unspecified atom stereocenters. The number of carbonyl (C=O) groups excluding carboxylic acids is 1. The van der Waals surface area contributed by atoms with Crippen molar-refractivity contribution in [3.8, 4) is 5.82 Å². The van der Waals surface area contributed by atoms with Crippen LogP contribution in [0.4, 0.5) is 0 Å². The van der Waals surface area contributed by atoms with E-state index in [1.807, 2.05) is 18.2 Å². The van der Waals surface area contributed by atoms with Crippen molar-refractivity contribution in [2.45, 2.75) is 25.9 Å². The molecule has 1 aliphatic heterocycles. The van der Waals surface area contributed by atoms with Crippen molar-refractivity contribution < 1.29 is 4.79 Å². The molecule has 4 aromatic rings. The van der Waals surface area contributed by atoms with Crippen LogP contribution < -0.4 is 0 Å². The van der Waals surface area contributed by atoms with Crippen LogP contribution in [0.1, 0.15) is 40.7 Å². The van der Waals surface area contributed by atoms with Gasteiger partial charge in [0.2, 0.25) is 0 Å². The first-order chi connectivity index (χ1) is 14.2. The van der Waals surface area contributed by atoms with Gasteiger partial charge in [0.25, 0.3) is 5.91 Å². The third kappa shape index (κ3) is 3.16. The fraction of sp³-hybridized carbons (Fsp3) is 0.278. The Morgan fingerprint density at radius 2 is 2.10 bits per heavy atom. The predicted octanol–water partition coefficient (Wildman–Crippen LogP) is 0.785. The highest BCUT2D eigenvalue weighted by Gasteiger charge is 2.30. The second kappa shape index (κ2) is 6.93. The molecule has 5 rings (SSSR count). The van der Waals surface area contributed by atoms with Crippen molar-refractivity contribution in [2.75, 3.05) is 6.54 Å². The lowest BCUT2D eigenvalue weighted by Gasteiger charge is -2.32. The first-order valence-electron chi connectivity index (χ1n) is 9.23. The second-order valence-corrected chi connectivity index (χ2v) is 6.99. The van der Waals surface area contributed by atoms with Crippen LogP contribution in [0.2, 0.25) is 0 Å². The van der Waals surface area contributed by atoms with Crippen molar-refractivity contribution >= 4 is 5.91 Å².